The number of aromatic nitrogens is 1. The van der Waals surface area contributed by atoms with Gasteiger partial charge in [0.25, 0.3) is 10.0 Å². The number of sulfonamides is 1. The van der Waals surface area contributed by atoms with E-state index in [0.717, 1.165) is 4.90 Å². The molecule has 126 valence electrons. The normalized spacial score (nSPS) is 15.6. The molecule has 1 aromatic carbocycles. The van der Waals surface area contributed by atoms with E-state index in [1.807, 2.05) is 0 Å². The highest BCUT2D eigenvalue weighted by Gasteiger charge is 2.27. The Balaban J connectivity index is 1.83. The molecule has 3 rings (SSSR count). The van der Waals surface area contributed by atoms with Gasteiger partial charge in [-0.25, -0.2) is 8.42 Å². The van der Waals surface area contributed by atoms with Crippen LogP contribution in [0.4, 0.5) is 11.5 Å². The predicted octanol–water partition coefficient (Wildman–Crippen LogP) is 1.83. The molecule has 0 atom stereocenters. The fraction of sp³-hybridized carbons (Fsp3) is 0.267. The second-order valence-electron chi connectivity index (χ2n) is 5.40. The van der Waals surface area contributed by atoms with Crippen molar-refractivity contribution in [2.24, 2.45) is 0 Å². The van der Waals surface area contributed by atoms with Gasteiger partial charge in [0.05, 0.1) is 10.6 Å². The molecule has 0 saturated carbocycles. The van der Waals surface area contributed by atoms with Crippen LogP contribution in [0.2, 0.25) is 0 Å². The quantitative estimate of drug-likeness (QED) is 0.843. The summed E-state index contributed by atoms with van der Waals surface area (Å²) in [5, 5.41) is 3.57. The first-order valence-electron chi connectivity index (χ1n) is 7.29. The molecule has 2 heterocycles. The minimum Gasteiger partial charge on any atom is -0.360 e. The number of hydrogen-bond acceptors (Lipinski definition) is 6. The van der Waals surface area contributed by atoms with Gasteiger partial charge in [0, 0.05) is 18.9 Å². The van der Waals surface area contributed by atoms with Crippen molar-refractivity contribution in [1.82, 2.24) is 5.16 Å². The van der Waals surface area contributed by atoms with Gasteiger partial charge in [-0.2, -0.15) is 0 Å². The molecule has 0 radical (unpaired) electrons. The summed E-state index contributed by atoms with van der Waals surface area (Å²) in [6, 6.07) is 6.99. The maximum absolute atomic E-state index is 12.3. The van der Waals surface area contributed by atoms with Crippen molar-refractivity contribution in [2.75, 3.05) is 9.62 Å². The van der Waals surface area contributed by atoms with E-state index in [4.69, 9.17) is 4.52 Å². The fourth-order valence-corrected chi connectivity index (χ4v) is 3.41. The number of imide groups is 1. The molecule has 1 aliphatic rings. The zero-order valence-corrected chi connectivity index (χ0v) is 13.7. The Bertz CT molecular complexity index is 870. The van der Waals surface area contributed by atoms with Crippen LogP contribution in [0.25, 0.3) is 0 Å². The Morgan fingerprint density at radius 1 is 1.12 bits per heavy atom. The number of rotatable bonds is 4. The average Bonchev–Trinajstić information content (AvgIpc) is 2.92. The van der Waals surface area contributed by atoms with Gasteiger partial charge in [-0.1, -0.05) is 5.16 Å². The summed E-state index contributed by atoms with van der Waals surface area (Å²) in [7, 11) is -3.84. The average molecular weight is 349 g/mol. The maximum Gasteiger partial charge on any atom is 0.263 e. The van der Waals surface area contributed by atoms with Gasteiger partial charge in [-0.15, -0.1) is 0 Å². The summed E-state index contributed by atoms with van der Waals surface area (Å²) in [5.41, 5.74) is 0.362. The van der Waals surface area contributed by atoms with Gasteiger partial charge in [-0.3, -0.25) is 19.2 Å². The molecule has 0 unspecified atom stereocenters. The van der Waals surface area contributed by atoms with Crippen molar-refractivity contribution in [3.8, 4) is 0 Å². The molecular formula is C15H15N3O5S. The van der Waals surface area contributed by atoms with Crippen molar-refractivity contribution in [3.63, 3.8) is 0 Å². The van der Waals surface area contributed by atoms with Gasteiger partial charge >= 0.3 is 0 Å². The highest BCUT2D eigenvalue weighted by Crippen LogP contribution is 2.24. The molecule has 2 aromatic rings. The molecular weight excluding hydrogens is 334 g/mol. The van der Waals surface area contributed by atoms with E-state index in [2.05, 4.69) is 9.88 Å². The Kier molecular flexibility index (Phi) is 4.10. The van der Waals surface area contributed by atoms with Crippen LogP contribution >= 0.6 is 0 Å². The lowest BCUT2D eigenvalue weighted by atomic mass is 10.1. The zero-order chi connectivity index (χ0) is 17.3. The van der Waals surface area contributed by atoms with E-state index >= 15 is 0 Å². The SMILES string of the molecule is Cc1cc(NS(=O)(=O)c2ccc(N3C(=O)CCCC3=O)cc2)no1. The summed E-state index contributed by atoms with van der Waals surface area (Å²) in [6.45, 7) is 1.65. The van der Waals surface area contributed by atoms with E-state index in [-0.39, 0.29) is 22.5 Å². The minimum absolute atomic E-state index is 0.0104. The van der Waals surface area contributed by atoms with Crippen molar-refractivity contribution < 1.29 is 22.5 Å². The number of benzene rings is 1. The van der Waals surface area contributed by atoms with E-state index < -0.39 is 10.0 Å². The second kappa shape index (κ2) is 6.08. The van der Waals surface area contributed by atoms with Crippen LogP contribution in [0, 0.1) is 6.92 Å². The molecule has 0 aliphatic carbocycles. The number of nitrogens with one attached hydrogen (secondary N) is 1. The Morgan fingerprint density at radius 2 is 1.75 bits per heavy atom. The monoisotopic (exact) mass is 349 g/mol. The number of hydrogen-bond donors (Lipinski definition) is 1. The van der Waals surface area contributed by atoms with Gasteiger partial charge in [-0.05, 0) is 37.6 Å². The molecule has 8 nitrogen and oxygen atoms in total. The lowest BCUT2D eigenvalue weighted by molar-refractivity contribution is -0.129. The molecule has 9 heteroatoms. The summed E-state index contributed by atoms with van der Waals surface area (Å²) in [6.07, 6.45) is 1.15. The standard InChI is InChI=1S/C15H15N3O5S/c1-10-9-13(16-23-10)17-24(21,22)12-7-5-11(6-8-12)18-14(19)3-2-4-15(18)20/h5-9H,2-4H2,1H3,(H,16,17). The third-order valence-corrected chi connectivity index (χ3v) is 4.92. The minimum atomic E-state index is -3.84. The Hall–Kier alpha value is -2.68. The first kappa shape index (κ1) is 16.2. The summed E-state index contributed by atoms with van der Waals surface area (Å²) in [4.78, 5) is 24.9. The number of amides is 2. The van der Waals surface area contributed by atoms with Gasteiger partial charge in [0.15, 0.2) is 5.82 Å². The lowest BCUT2D eigenvalue weighted by Crippen LogP contribution is -2.40. The number of carbonyl (C=O) groups is 2. The second-order valence-corrected chi connectivity index (χ2v) is 7.08. The third-order valence-electron chi connectivity index (χ3n) is 3.55. The first-order valence-corrected chi connectivity index (χ1v) is 8.77. The molecule has 1 N–H and O–H groups in total. The molecule has 1 saturated heterocycles. The van der Waals surface area contributed by atoms with Crippen LogP contribution < -0.4 is 9.62 Å². The summed E-state index contributed by atoms with van der Waals surface area (Å²) in [5.74, 6) is -0.000701. The van der Waals surface area contributed by atoms with Crippen LogP contribution in [0.3, 0.4) is 0 Å². The summed E-state index contributed by atoms with van der Waals surface area (Å²) >= 11 is 0. The largest absolute Gasteiger partial charge is 0.360 e. The van der Waals surface area contributed by atoms with E-state index in [0.29, 0.717) is 30.7 Å². The summed E-state index contributed by atoms with van der Waals surface area (Å²) < 4.78 is 31.7. The van der Waals surface area contributed by atoms with Crippen LogP contribution in [0.1, 0.15) is 25.0 Å². The lowest BCUT2D eigenvalue weighted by Gasteiger charge is -2.24. The molecule has 0 spiro atoms. The number of piperidine rings is 1. The van der Waals surface area contributed by atoms with Crippen LogP contribution in [-0.4, -0.2) is 25.4 Å². The van der Waals surface area contributed by atoms with Gasteiger partial charge in [0.1, 0.15) is 5.76 Å². The zero-order valence-electron chi connectivity index (χ0n) is 12.9. The van der Waals surface area contributed by atoms with E-state index in [1.165, 1.54) is 30.3 Å². The molecule has 1 aromatic heterocycles. The number of carbonyl (C=O) groups excluding carboxylic acids is 2. The van der Waals surface area contributed by atoms with E-state index in [9.17, 15) is 18.0 Å². The van der Waals surface area contributed by atoms with Crippen LogP contribution in [0.5, 0.6) is 0 Å². The smallest absolute Gasteiger partial charge is 0.263 e. The molecule has 2 amide bonds. The Morgan fingerprint density at radius 3 is 2.29 bits per heavy atom. The van der Waals surface area contributed by atoms with Crippen molar-refractivity contribution in [1.29, 1.82) is 0 Å². The van der Waals surface area contributed by atoms with Crippen molar-refractivity contribution >= 4 is 33.3 Å². The van der Waals surface area contributed by atoms with Crippen molar-refractivity contribution in [2.45, 2.75) is 31.1 Å². The van der Waals surface area contributed by atoms with Gasteiger partial charge in [0.2, 0.25) is 11.8 Å². The van der Waals surface area contributed by atoms with Crippen LogP contribution in [-0.2, 0) is 19.6 Å². The molecule has 0 bridgehead atoms. The third kappa shape index (κ3) is 3.16. The molecule has 1 aliphatic heterocycles. The van der Waals surface area contributed by atoms with Crippen molar-refractivity contribution in [3.05, 3.63) is 36.1 Å². The molecule has 24 heavy (non-hydrogen) atoms. The fourth-order valence-electron chi connectivity index (χ4n) is 2.43. The van der Waals surface area contributed by atoms with Crippen LogP contribution in [0.15, 0.2) is 39.8 Å². The predicted molar refractivity (Wildman–Crippen MR) is 84.8 cm³/mol. The number of nitrogens with zero attached hydrogens (tertiary/aromatic N) is 2. The number of aryl methyl sites for hydroxylation is 1. The highest BCUT2D eigenvalue weighted by molar-refractivity contribution is 7.92. The van der Waals surface area contributed by atoms with E-state index in [1.54, 1.807) is 6.92 Å². The Labute approximate surface area is 138 Å². The van der Waals surface area contributed by atoms with Gasteiger partial charge < -0.3 is 4.52 Å². The topological polar surface area (TPSA) is 110 Å². The highest BCUT2D eigenvalue weighted by atomic mass is 32.2. The first-order chi connectivity index (χ1) is 11.4. The number of anilines is 2. The molecule has 1 fully saturated rings. The maximum atomic E-state index is 12.3.